The largest absolute Gasteiger partial charge is 0.461 e. The number of hydrogen-bond donors (Lipinski definition) is 2. The number of aromatic nitrogens is 2. The van der Waals surface area contributed by atoms with Crippen molar-refractivity contribution in [2.45, 2.75) is 32.6 Å². The number of rotatable bonds is 2. The predicted octanol–water partition coefficient (Wildman–Crippen LogP) is 2.75. The van der Waals surface area contributed by atoms with Crippen LogP contribution in [0.5, 0.6) is 0 Å². The number of nitrogens with zero attached hydrogens (tertiary/aromatic N) is 1. The second kappa shape index (κ2) is 4.61. The lowest BCUT2D eigenvalue weighted by molar-refractivity contribution is 0.452. The zero-order valence-corrected chi connectivity index (χ0v) is 10.9. The molecular weight excluding hydrogens is 226 g/mol. The van der Waals surface area contributed by atoms with E-state index in [0.29, 0.717) is 5.92 Å². The molecule has 18 heavy (non-hydrogen) atoms. The molecule has 0 saturated carbocycles. The van der Waals surface area contributed by atoms with Gasteiger partial charge in [0.1, 0.15) is 11.5 Å². The summed E-state index contributed by atoms with van der Waals surface area (Å²) in [6.45, 7) is 6.19. The lowest BCUT2D eigenvalue weighted by Gasteiger charge is -2.21. The van der Waals surface area contributed by atoms with Crippen LogP contribution in [0.3, 0.4) is 0 Å². The van der Waals surface area contributed by atoms with Crippen molar-refractivity contribution in [1.29, 1.82) is 0 Å². The van der Waals surface area contributed by atoms with Crippen LogP contribution in [0.4, 0.5) is 0 Å². The maximum Gasteiger partial charge on any atom is 0.137 e. The second-order valence-electron chi connectivity index (χ2n) is 5.04. The molecule has 4 nitrogen and oxygen atoms in total. The highest BCUT2D eigenvalue weighted by molar-refractivity contribution is 5.64. The summed E-state index contributed by atoms with van der Waals surface area (Å²) in [6, 6.07) is 4.05. The van der Waals surface area contributed by atoms with Crippen molar-refractivity contribution in [3.63, 3.8) is 0 Å². The van der Waals surface area contributed by atoms with E-state index in [2.05, 4.69) is 22.4 Å². The van der Waals surface area contributed by atoms with Crippen LogP contribution in [0.25, 0.3) is 11.3 Å². The van der Waals surface area contributed by atoms with E-state index in [1.165, 1.54) is 5.69 Å². The van der Waals surface area contributed by atoms with E-state index < -0.39 is 0 Å². The summed E-state index contributed by atoms with van der Waals surface area (Å²) in [7, 11) is 0. The molecule has 0 amide bonds. The SMILES string of the molecule is Cc1ccc(-c2c(C3CCNCC3)n[nH]c2C)o1. The number of H-pyrrole nitrogens is 1. The standard InChI is InChI=1S/C14H19N3O/c1-9-3-4-12(18-9)13-10(2)16-17-14(13)11-5-7-15-8-6-11/h3-4,11,15H,5-8H2,1-2H3,(H,16,17). The fraction of sp³-hybridized carbons (Fsp3) is 0.500. The molecule has 0 unspecified atom stereocenters. The van der Waals surface area contributed by atoms with Crippen molar-refractivity contribution in [1.82, 2.24) is 15.5 Å². The summed E-state index contributed by atoms with van der Waals surface area (Å²) in [4.78, 5) is 0. The Hall–Kier alpha value is -1.55. The van der Waals surface area contributed by atoms with E-state index in [4.69, 9.17) is 4.42 Å². The molecule has 1 saturated heterocycles. The summed E-state index contributed by atoms with van der Waals surface area (Å²) in [5, 5.41) is 11.0. The molecule has 2 aromatic rings. The average Bonchev–Trinajstić information content (AvgIpc) is 2.96. The molecule has 0 bridgehead atoms. The molecule has 1 aliphatic rings. The number of furan rings is 1. The Balaban J connectivity index is 2.00. The van der Waals surface area contributed by atoms with E-state index >= 15 is 0 Å². The summed E-state index contributed by atoms with van der Waals surface area (Å²) < 4.78 is 5.76. The third-order valence-corrected chi connectivity index (χ3v) is 3.69. The monoisotopic (exact) mass is 245 g/mol. The van der Waals surface area contributed by atoms with Crippen LogP contribution in [-0.2, 0) is 0 Å². The summed E-state index contributed by atoms with van der Waals surface area (Å²) in [6.07, 6.45) is 2.30. The van der Waals surface area contributed by atoms with Gasteiger partial charge in [0.15, 0.2) is 0 Å². The zero-order chi connectivity index (χ0) is 12.5. The molecular formula is C14H19N3O. The van der Waals surface area contributed by atoms with Crippen molar-refractivity contribution in [2.75, 3.05) is 13.1 Å². The normalized spacial score (nSPS) is 17.2. The summed E-state index contributed by atoms with van der Waals surface area (Å²) >= 11 is 0. The molecule has 1 aliphatic heterocycles. The van der Waals surface area contributed by atoms with Crippen molar-refractivity contribution in [2.24, 2.45) is 0 Å². The molecule has 3 rings (SSSR count). The Labute approximate surface area is 107 Å². The third-order valence-electron chi connectivity index (χ3n) is 3.69. The van der Waals surface area contributed by atoms with Crippen LogP contribution in [0.1, 0.15) is 35.9 Å². The van der Waals surface area contributed by atoms with Crippen molar-refractivity contribution in [3.8, 4) is 11.3 Å². The first-order chi connectivity index (χ1) is 8.75. The first-order valence-corrected chi connectivity index (χ1v) is 6.58. The molecule has 0 atom stereocenters. The van der Waals surface area contributed by atoms with E-state index in [1.54, 1.807) is 0 Å². The molecule has 4 heteroatoms. The maximum absolute atomic E-state index is 5.76. The molecule has 2 N–H and O–H groups in total. The number of aryl methyl sites for hydroxylation is 2. The molecule has 0 spiro atoms. The van der Waals surface area contributed by atoms with Crippen LogP contribution in [0.2, 0.25) is 0 Å². The molecule has 3 heterocycles. The molecule has 96 valence electrons. The van der Waals surface area contributed by atoms with Gasteiger partial charge in [0.05, 0.1) is 11.3 Å². The van der Waals surface area contributed by atoms with E-state index in [1.807, 2.05) is 19.1 Å². The summed E-state index contributed by atoms with van der Waals surface area (Å²) in [5.74, 6) is 2.42. The van der Waals surface area contributed by atoms with Crippen molar-refractivity contribution < 1.29 is 4.42 Å². The molecule has 1 fully saturated rings. The minimum Gasteiger partial charge on any atom is -0.461 e. The lowest BCUT2D eigenvalue weighted by atomic mass is 9.91. The Kier molecular flexibility index (Phi) is 2.96. The first-order valence-electron chi connectivity index (χ1n) is 6.58. The smallest absolute Gasteiger partial charge is 0.137 e. The van der Waals surface area contributed by atoms with Gasteiger partial charge in [0.25, 0.3) is 0 Å². The molecule has 0 radical (unpaired) electrons. The minimum absolute atomic E-state index is 0.539. The van der Waals surface area contributed by atoms with Gasteiger partial charge in [0, 0.05) is 11.6 Å². The van der Waals surface area contributed by atoms with Crippen molar-refractivity contribution >= 4 is 0 Å². The van der Waals surface area contributed by atoms with Crippen LogP contribution in [0.15, 0.2) is 16.5 Å². The third kappa shape index (κ3) is 1.97. The lowest BCUT2D eigenvalue weighted by Crippen LogP contribution is -2.27. The Morgan fingerprint density at radius 2 is 2.00 bits per heavy atom. The second-order valence-corrected chi connectivity index (χ2v) is 5.04. The van der Waals surface area contributed by atoms with Gasteiger partial charge in [-0.2, -0.15) is 5.10 Å². The van der Waals surface area contributed by atoms with Gasteiger partial charge >= 0.3 is 0 Å². The predicted molar refractivity (Wildman–Crippen MR) is 70.6 cm³/mol. The van der Waals surface area contributed by atoms with Gasteiger partial charge in [-0.25, -0.2) is 0 Å². The maximum atomic E-state index is 5.76. The van der Waals surface area contributed by atoms with Gasteiger partial charge in [-0.15, -0.1) is 0 Å². The van der Waals surface area contributed by atoms with Gasteiger partial charge in [-0.1, -0.05) is 0 Å². The Bertz CT molecular complexity index is 535. The topological polar surface area (TPSA) is 53.9 Å². The van der Waals surface area contributed by atoms with E-state index in [9.17, 15) is 0 Å². The minimum atomic E-state index is 0.539. The number of aromatic amines is 1. The van der Waals surface area contributed by atoms with Crippen LogP contribution >= 0.6 is 0 Å². The highest BCUT2D eigenvalue weighted by atomic mass is 16.3. The Morgan fingerprint density at radius 1 is 1.22 bits per heavy atom. The fourth-order valence-electron chi connectivity index (χ4n) is 2.72. The molecule has 0 aliphatic carbocycles. The fourth-order valence-corrected chi connectivity index (χ4v) is 2.72. The molecule has 2 aromatic heterocycles. The van der Waals surface area contributed by atoms with Gasteiger partial charge < -0.3 is 9.73 Å². The zero-order valence-electron chi connectivity index (χ0n) is 10.9. The number of hydrogen-bond acceptors (Lipinski definition) is 3. The average molecular weight is 245 g/mol. The number of nitrogens with one attached hydrogen (secondary N) is 2. The number of piperidine rings is 1. The van der Waals surface area contributed by atoms with Gasteiger partial charge in [-0.3, -0.25) is 5.10 Å². The quantitative estimate of drug-likeness (QED) is 0.855. The van der Waals surface area contributed by atoms with Crippen LogP contribution in [0, 0.1) is 13.8 Å². The Morgan fingerprint density at radius 3 is 2.67 bits per heavy atom. The first kappa shape index (κ1) is 11.5. The highest BCUT2D eigenvalue weighted by Gasteiger charge is 2.24. The van der Waals surface area contributed by atoms with E-state index in [-0.39, 0.29) is 0 Å². The van der Waals surface area contributed by atoms with Gasteiger partial charge in [-0.05, 0) is 51.9 Å². The van der Waals surface area contributed by atoms with Crippen molar-refractivity contribution in [3.05, 3.63) is 29.3 Å². The molecule has 0 aromatic carbocycles. The van der Waals surface area contributed by atoms with Crippen LogP contribution in [-0.4, -0.2) is 23.3 Å². The summed E-state index contributed by atoms with van der Waals surface area (Å²) in [5.41, 5.74) is 3.43. The van der Waals surface area contributed by atoms with Gasteiger partial charge in [0.2, 0.25) is 0 Å². The van der Waals surface area contributed by atoms with E-state index in [0.717, 1.165) is 48.7 Å². The van der Waals surface area contributed by atoms with Crippen LogP contribution < -0.4 is 5.32 Å². The highest BCUT2D eigenvalue weighted by Crippen LogP contribution is 2.35.